The molecule has 0 amide bonds. The Morgan fingerprint density at radius 3 is 2.76 bits per heavy atom. The Balaban J connectivity index is 1.52. The van der Waals surface area contributed by atoms with Gasteiger partial charge in [-0.1, -0.05) is 24.3 Å². The predicted molar refractivity (Wildman–Crippen MR) is 99.3 cm³/mol. The number of hydrogen-bond donors (Lipinski definition) is 1. The van der Waals surface area contributed by atoms with Crippen molar-refractivity contribution in [2.75, 3.05) is 0 Å². The minimum atomic E-state index is 0.127. The lowest BCUT2D eigenvalue weighted by atomic mass is 9.88. The van der Waals surface area contributed by atoms with Crippen molar-refractivity contribution in [1.29, 1.82) is 5.26 Å². The zero-order chi connectivity index (χ0) is 17.2. The Hall–Kier alpha value is -2.83. The number of fused-ring (bicyclic) bond motifs is 2. The molecule has 1 aliphatic rings. The highest BCUT2D eigenvalue weighted by atomic mass is 16.5. The van der Waals surface area contributed by atoms with Crippen molar-refractivity contribution in [2.24, 2.45) is 5.73 Å². The molecular weight excluding hydrogens is 308 g/mol. The number of nitrogens with zero attached hydrogens (tertiary/aromatic N) is 1. The third kappa shape index (κ3) is 3.22. The molecule has 1 unspecified atom stereocenters. The van der Waals surface area contributed by atoms with E-state index in [0.717, 1.165) is 34.9 Å². The molecule has 0 fully saturated rings. The van der Waals surface area contributed by atoms with Gasteiger partial charge in [-0.15, -0.1) is 0 Å². The van der Waals surface area contributed by atoms with Gasteiger partial charge in [-0.2, -0.15) is 5.26 Å². The van der Waals surface area contributed by atoms with E-state index in [4.69, 9.17) is 15.7 Å². The molecule has 0 saturated carbocycles. The highest BCUT2D eigenvalue weighted by Gasteiger charge is 2.17. The van der Waals surface area contributed by atoms with Crippen molar-refractivity contribution in [3.05, 3.63) is 76.9 Å². The fourth-order valence-electron chi connectivity index (χ4n) is 3.52. The monoisotopic (exact) mass is 328 g/mol. The van der Waals surface area contributed by atoms with Crippen LogP contribution in [0.25, 0.3) is 10.8 Å². The summed E-state index contributed by atoms with van der Waals surface area (Å²) in [5.74, 6) is 0.871. The molecule has 0 spiro atoms. The van der Waals surface area contributed by atoms with Gasteiger partial charge in [-0.05, 0) is 77.1 Å². The molecule has 0 radical (unpaired) electrons. The molecule has 0 aliphatic heterocycles. The molecule has 2 N–H and O–H groups in total. The van der Waals surface area contributed by atoms with Gasteiger partial charge in [0.15, 0.2) is 0 Å². The van der Waals surface area contributed by atoms with E-state index in [2.05, 4.69) is 24.3 Å². The Bertz CT molecular complexity index is 971. The number of nitrogens with two attached hydrogens (primary N) is 1. The maximum Gasteiger partial charge on any atom is 0.120 e. The maximum atomic E-state index is 8.99. The van der Waals surface area contributed by atoms with Crippen LogP contribution in [0.1, 0.15) is 41.1 Å². The molecule has 3 nitrogen and oxygen atoms in total. The van der Waals surface area contributed by atoms with Gasteiger partial charge < -0.3 is 10.5 Å². The lowest BCUT2D eigenvalue weighted by Crippen LogP contribution is -2.17. The summed E-state index contributed by atoms with van der Waals surface area (Å²) in [6, 6.07) is 20.5. The van der Waals surface area contributed by atoms with E-state index in [1.807, 2.05) is 36.4 Å². The summed E-state index contributed by atoms with van der Waals surface area (Å²) in [5, 5.41) is 11.2. The molecule has 1 atom stereocenters. The fraction of sp³-hybridized carbons (Fsp3) is 0.227. The summed E-state index contributed by atoms with van der Waals surface area (Å²) in [6.07, 6.45) is 3.32. The second kappa shape index (κ2) is 6.58. The Morgan fingerprint density at radius 1 is 1.04 bits per heavy atom. The summed E-state index contributed by atoms with van der Waals surface area (Å²) in [7, 11) is 0. The Kier molecular flexibility index (Phi) is 4.13. The SMILES string of the molecule is N#Cc1ccc2cc(COc3ccc4c(c3)C(N)CCC4)ccc2c1. The lowest BCUT2D eigenvalue weighted by molar-refractivity contribution is 0.305. The summed E-state index contributed by atoms with van der Waals surface area (Å²) in [6.45, 7) is 0.518. The van der Waals surface area contributed by atoms with E-state index >= 15 is 0 Å². The van der Waals surface area contributed by atoms with Gasteiger partial charge in [0, 0.05) is 6.04 Å². The highest BCUT2D eigenvalue weighted by Crippen LogP contribution is 2.31. The van der Waals surface area contributed by atoms with Crippen LogP contribution in [-0.2, 0) is 13.0 Å². The number of benzene rings is 3. The normalized spacial score (nSPS) is 16.2. The van der Waals surface area contributed by atoms with Gasteiger partial charge in [-0.3, -0.25) is 0 Å². The average molecular weight is 328 g/mol. The first-order valence-corrected chi connectivity index (χ1v) is 8.67. The standard InChI is InChI=1S/C22H20N2O/c23-13-15-4-6-19-11-16(5-7-18(19)10-15)14-25-20-9-8-17-2-1-3-22(24)21(17)12-20/h4-12,22H,1-3,14,24H2. The summed E-state index contributed by atoms with van der Waals surface area (Å²) in [4.78, 5) is 0. The fourth-order valence-corrected chi connectivity index (χ4v) is 3.52. The summed E-state index contributed by atoms with van der Waals surface area (Å²) in [5.41, 5.74) is 10.6. The molecule has 3 aromatic carbocycles. The quantitative estimate of drug-likeness (QED) is 0.763. The zero-order valence-electron chi connectivity index (χ0n) is 14.0. The Morgan fingerprint density at radius 2 is 1.88 bits per heavy atom. The second-order valence-corrected chi connectivity index (χ2v) is 6.66. The van der Waals surface area contributed by atoms with Crippen LogP contribution in [0.3, 0.4) is 0 Å². The molecule has 3 aromatic rings. The third-order valence-electron chi connectivity index (χ3n) is 4.92. The molecule has 124 valence electrons. The molecular formula is C22H20N2O. The number of hydrogen-bond acceptors (Lipinski definition) is 3. The molecule has 0 aromatic heterocycles. The molecule has 3 heteroatoms. The minimum Gasteiger partial charge on any atom is -0.489 e. The van der Waals surface area contributed by atoms with Crippen LogP contribution in [0.2, 0.25) is 0 Å². The van der Waals surface area contributed by atoms with Crippen LogP contribution < -0.4 is 10.5 Å². The van der Waals surface area contributed by atoms with Gasteiger partial charge in [0.1, 0.15) is 12.4 Å². The van der Waals surface area contributed by atoms with Crippen molar-refractivity contribution in [1.82, 2.24) is 0 Å². The van der Waals surface area contributed by atoms with Crippen molar-refractivity contribution in [3.63, 3.8) is 0 Å². The first-order valence-electron chi connectivity index (χ1n) is 8.67. The van der Waals surface area contributed by atoms with Gasteiger partial charge >= 0.3 is 0 Å². The molecule has 4 rings (SSSR count). The van der Waals surface area contributed by atoms with Crippen molar-refractivity contribution in [2.45, 2.75) is 31.9 Å². The van der Waals surface area contributed by atoms with E-state index in [1.165, 1.54) is 17.5 Å². The van der Waals surface area contributed by atoms with Gasteiger partial charge in [-0.25, -0.2) is 0 Å². The minimum absolute atomic E-state index is 0.127. The number of aryl methyl sites for hydroxylation is 1. The smallest absolute Gasteiger partial charge is 0.120 e. The Labute approximate surface area is 147 Å². The average Bonchev–Trinajstić information content (AvgIpc) is 2.66. The second-order valence-electron chi connectivity index (χ2n) is 6.66. The number of nitriles is 1. The van der Waals surface area contributed by atoms with Crippen molar-refractivity contribution in [3.8, 4) is 11.8 Å². The van der Waals surface area contributed by atoms with E-state index in [0.29, 0.717) is 12.2 Å². The number of rotatable bonds is 3. The van der Waals surface area contributed by atoms with Gasteiger partial charge in [0.05, 0.1) is 11.6 Å². The van der Waals surface area contributed by atoms with E-state index < -0.39 is 0 Å². The lowest BCUT2D eigenvalue weighted by Gasteiger charge is -2.22. The zero-order valence-corrected chi connectivity index (χ0v) is 14.0. The van der Waals surface area contributed by atoms with Crippen LogP contribution in [0.5, 0.6) is 5.75 Å². The predicted octanol–water partition coefficient (Wildman–Crippen LogP) is 4.63. The van der Waals surface area contributed by atoms with E-state index in [9.17, 15) is 0 Å². The largest absolute Gasteiger partial charge is 0.489 e. The van der Waals surface area contributed by atoms with E-state index in [-0.39, 0.29) is 6.04 Å². The number of ether oxygens (including phenoxy) is 1. The summed E-state index contributed by atoms with van der Waals surface area (Å²) >= 11 is 0. The third-order valence-corrected chi connectivity index (χ3v) is 4.92. The first-order chi connectivity index (χ1) is 12.2. The van der Waals surface area contributed by atoms with Crippen molar-refractivity contribution < 1.29 is 4.74 Å². The molecule has 25 heavy (non-hydrogen) atoms. The molecule has 0 saturated heterocycles. The van der Waals surface area contributed by atoms with Crippen LogP contribution in [0.15, 0.2) is 54.6 Å². The van der Waals surface area contributed by atoms with Gasteiger partial charge in [0.25, 0.3) is 0 Å². The highest BCUT2D eigenvalue weighted by molar-refractivity contribution is 5.84. The first kappa shape index (κ1) is 15.7. The van der Waals surface area contributed by atoms with Crippen LogP contribution in [-0.4, -0.2) is 0 Å². The summed E-state index contributed by atoms with van der Waals surface area (Å²) < 4.78 is 5.99. The topological polar surface area (TPSA) is 59.0 Å². The molecule has 1 aliphatic carbocycles. The molecule has 0 bridgehead atoms. The maximum absolute atomic E-state index is 8.99. The van der Waals surface area contributed by atoms with Crippen LogP contribution >= 0.6 is 0 Å². The van der Waals surface area contributed by atoms with Crippen molar-refractivity contribution >= 4 is 10.8 Å². The van der Waals surface area contributed by atoms with Gasteiger partial charge in [0.2, 0.25) is 0 Å². The van der Waals surface area contributed by atoms with E-state index in [1.54, 1.807) is 0 Å². The van der Waals surface area contributed by atoms with Crippen LogP contribution in [0, 0.1) is 11.3 Å². The van der Waals surface area contributed by atoms with Crippen LogP contribution in [0.4, 0.5) is 0 Å². The molecule has 0 heterocycles.